The molecule has 2 rings (SSSR count). The Morgan fingerprint density at radius 1 is 1.61 bits per heavy atom. The molecule has 0 unspecified atom stereocenters. The van der Waals surface area contributed by atoms with Gasteiger partial charge in [0.05, 0.1) is 0 Å². The molecule has 1 aliphatic carbocycles. The number of nitrogens with one attached hydrogen (secondary N) is 1. The summed E-state index contributed by atoms with van der Waals surface area (Å²) in [6.45, 7) is 0.977. The van der Waals surface area contributed by atoms with Crippen LogP contribution >= 0.6 is 0 Å². The van der Waals surface area contributed by atoms with Gasteiger partial charge < -0.3 is 16.0 Å². The molecule has 1 aromatic heterocycles. The van der Waals surface area contributed by atoms with Gasteiger partial charge in [-0.1, -0.05) is 0 Å². The molecule has 3 N–H and O–H groups in total. The number of rotatable bonds is 4. The lowest BCUT2D eigenvalue weighted by Crippen LogP contribution is -2.41. The lowest BCUT2D eigenvalue weighted by atomic mass is 9.80. The van der Waals surface area contributed by atoms with E-state index in [2.05, 4.69) is 15.2 Å². The van der Waals surface area contributed by atoms with Gasteiger partial charge in [0.25, 0.3) is 5.91 Å². The highest BCUT2D eigenvalue weighted by atomic mass is 16.1. The number of carbonyl (C=O) groups is 1. The maximum Gasteiger partial charge on any atom is 0.269 e. The average Bonchev–Trinajstić information content (AvgIpc) is 2.36. The summed E-state index contributed by atoms with van der Waals surface area (Å²) in [5.41, 5.74) is 7.25. The summed E-state index contributed by atoms with van der Waals surface area (Å²) in [4.78, 5) is 17.7. The zero-order chi connectivity index (χ0) is 13.1. The lowest BCUT2D eigenvalue weighted by Gasteiger charge is -2.36. The molecule has 0 radical (unpaired) electrons. The third-order valence-corrected chi connectivity index (χ3v) is 3.45. The Labute approximate surface area is 107 Å². The van der Waals surface area contributed by atoms with Crippen LogP contribution in [0.1, 0.15) is 23.3 Å². The molecule has 18 heavy (non-hydrogen) atoms. The Balaban J connectivity index is 2.01. The molecule has 0 atom stereocenters. The van der Waals surface area contributed by atoms with Gasteiger partial charge in [-0.15, -0.1) is 0 Å². The van der Waals surface area contributed by atoms with Crippen molar-refractivity contribution in [3.63, 3.8) is 0 Å². The highest BCUT2D eigenvalue weighted by Gasteiger charge is 2.26. The van der Waals surface area contributed by atoms with Crippen molar-refractivity contribution < 1.29 is 4.79 Å². The highest BCUT2D eigenvalue weighted by Crippen LogP contribution is 2.27. The summed E-state index contributed by atoms with van der Waals surface area (Å²) >= 11 is 0. The van der Waals surface area contributed by atoms with Crippen molar-refractivity contribution >= 4 is 11.6 Å². The van der Waals surface area contributed by atoms with Crippen molar-refractivity contribution in [1.82, 2.24) is 10.3 Å². The number of amides is 1. The van der Waals surface area contributed by atoms with E-state index >= 15 is 0 Å². The van der Waals surface area contributed by atoms with Crippen molar-refractivity contribution in [2.75, 3.05) is 25.5 Å². The number of pyridine rings is 1. The highest BCUT2D eigenvalue weighted by molar-refractivity contribution is 5.92. The number of nitrogens with two attached hydrogens (primary N) is 1. The minimum absolute atomic E-state index is 0.157. The number of aromatic nitrogens is 1. The largest absolute Gasteiger partial charge is 0.374 e. The minimum Gasteiger partial charge on any atom is -0.374 e. The molecule has 1 heterocycles. The van der Waals surface area contributed by atoms with Crippen LogP contribution in [-0.2, 0) is 0 Å². The molecule has 1 fully saturated rings. The van der Waals surface area contributed by atoms with Crippen LogP contribution in [0.4, 0.5) is 5.69 Å². The van der Waals surface area contributed by atoms with Gasteiger partial charge in [0.2, 0.25) is 0 Å². The van der Waals surface area contributed by atoms with E-state index in [4.69, 9.17) is 5.73 Å². The van der Waals surface area contributed by atoms with Crippen molar-refractivity contribution in [3.05, 3.63) is 24.0 Å². The molecule has 5 nitrogen and oxygen atoms in total. The van der Waals surface area contributed by atoms with Gasteiger partial charge in [0.1, 0.15) is 5.69 Å². The smallest absolute Gasteiger partial charge is 0.269 e. The van der Waals surface area contributed by atoms with Gasteiger partial charge in [-0.25, -0.2) is 0 Å². The first kappa shape index (κ1) is 12.8. The summed E-state index contributed by atoms with van der Waals surface area (Å²) in [6.07, 6.45) is 3.86. The SMILES string of the molecule is CNC(=O)c1cc(N(C)CC2CC(N)C2)ccn1. The van der Waals surface area contributed by atoms with Crippen LogP contribution in [0, 0.1) is 5.92 Å². The number of nitrogens with zero attached hydrogens (tertiary/aromatic N) is 2. The zero-order valence-electron chi connectivity index (χ0n) is 10.9. The third kappa shape index (κ3) is 2.79. The van der Waals surface area contributed by atoms with Gasteiger partial charge in [0.15, 0.2) is 0 Å². The predicted molar refractivity (Wildman–Crippen MR) is 71.6 cm³/mol. The molecular formula is C13H20N4O. The summed E-state index contributed by atoms with van der Waals surface area (Å²) in [5.74, 6) is 0.512. The van der Waals surface area contributed by atoms with Crippen LogP contribution in [0.15, 0.2) is 18.3 Å². The second kappa shape index (κ2) is 5.35. The molecule has 1 aliphatic rings. The molecule has 0 saturated heterocycles. The van der Waals surface area contributed by atoms with Crippen LogP contribution in [0.3, 0.4) is 0 Å². The fourth-order valence-corrected chi connectivity index (χ4v) is 2.34. The second-order valence-corrected chi connectivity index (χ2v) is 4.96. The number of anilines is 1. The molecule has 1 amide bonds. The van der Waals surface area contributed by atoms with E-state index in [1.165, 1.54) is 0 Å². The van der Waals surface area contributed by atoms with Crippen molar-refractivity contribution in [2.45, 2.75) is 18.9 Å². The summed E-state index contributed by atoms with van der Waals surface area (Å²) in [6, 6.07) is 4.12. The van der Waals surface area contributed by atoms with Crippen molar-refractivity contribution in [1.29, 1.82) is 0 Å². The molecule has 1 saturated carbocycles. The van der Waals surface area contributed by atoms with E-state index in [-0.39, 0.29) is 5.91 Å². The topological polar surface area (TPSA) is 71.2 Å². The van der Waals surface area contributed by atoms with E-state index in [0.29, 0.717) is 17.7 Å². The Bertz CT molecular complexity index is 429. The van der Waals surface area contributed by atoms with Crippen LogP contribution in [0.25, 0.3) is 0 Å². The van der Waals surface area contributed by atoms with E-state index in [1.807, 2.05) is 19.2 Å². The van der Waals surface area contributed by atoms with Crippen LogP contribution < -0.4 is 16.0 Å². The van der Waals surface area contributed by atoms with Gasteiger partial charge in [0, 0.05) is 38.6 Å². The van der Waals surface area contributed by atoms with Crippen molar-refractivity contribution in [2.24, 2.45) is 11.7 Å². The summed E-state index contributed by atoms with van der Waals surface area (Å²) in [7, 11) is 3.64. The van der Waals surface area contributed by atoms with Crippen LogP contribution in [-0.4, -0.2) is 37.6 Å². The Hall–Kier alpha value is -1.62. The zero-order valence-corrected chi connectivity index (χ0v) is 10.9. The first-order valence-corrected chi connectivity index (χ1v) is 6.25. The van der Waals surface area contributed by atoms with E-state index in [0.717, 1.165) is 25.1 Å². The second-order valence-electron chi connectivity index (χ2n) is 4.96. The number of hydrogen-bond acceptors (Lipinski definition) is 4. The standard InChI is InChI=1S/C13H20N4O/c1-15-13(18)12-7-11(3-4-16-12)17(2)8-9-5-10(14)6-9/h3-4,7,9-10H,5-6,8,14H2,1-2H3,(H,15,18). The van der Waals surface area contributed by atoms with Crippen molar-refractivity contribution in [3.8, 4) is 0 Å². The first-order valence-electron chi connectivity index (χ1n) is 6.25. The van der Waals surface area contributed by atoms with Gasteiger partial charge in [-0.3, -0.25) is 9.78 Å². The fourth-order valence-electron chi connectivity index (χ4n) is 2.34. The molecule has 0 aliphatic heterocycles. The van der Waals surface area contributed by atoms with Crippen LogP contribution in [0.2, 0.25) is 0 Å². The number of carbonyl (C=O) groups excluding carboxylic acids is 1. The van der Waals surface area contributed by atoms with Gasteiger partial charge >= 0.3 is 0 Å². The molecule has 0 spiro atoms. The molecular weight excluding hydrogens is 228 g/mol. The molecule has 0 bridgehead atoms. The van der Waals surface area contributed by atoms with Gasteiger partial charge in [-0.05, 0) is 30.9 Å². The van der Waals surface area contributed by atoms with Crippen LogP contribution in [0.5, 0.6) is 0 Å². The first-order chi connectivity index (χ1) is 8.60. The Morgan fingerprint density at radius 2 is 2.33 bits per heavy atom. The molecule has 5 heteroatoms. The maximum absolute atomic E-state index is 11.5. The Morgan fingerprint density at radius 3 is 2.94 bits per heavy atom. The minimum atomic E-state index is -0.157. The third-order valence-electron chi connectivity index (χ3n) is 3.45. The van der Waals surface area contributed by atoms with E-state index < -0.39 is 0 Å². The predicted octanol–water partition coefficient (Wildman–Crippen LogP) is 0.615. The number of hydrogen-bond donors (Lipinski definition) is 2. The fraction of sp³-hybridized carbons (Fsp3) is 0.538. The molecule has 1 aromatic rings. The molecule has 0 aromatic carbocycles. The van der Waals surface area contributed by atoms with Gasteiger partial charge in [-0.2, -0.15) is 0 Å². The maximum atomic E-state index is 11.5. The monoisotopic (exact) mass is 248 g/mol. The average molecular weight is 248 g/mol. The van der Waals surface area contributed by atoms with E-state index in [9.17, 15) is 4.79 Å². The quantitative estimate of drug-likeness (QED) is 0.819. The molecule has 98 valence electrons. The Kier molecular flexibility index (Phi) is 3.81. The summed E-state index contributed by atoms with van der Waals surface area (Å²) in [5, 5.41) is 2.58. The normalized spacial score (nSPS) is 22.2. The summed E-state index contributed by atoms with van der Waals surface area (Å²) < 4.78 is 0. The lowest BCUT2D eigenvalue weighted by molar-refractivity contribution is 0.0958. The van der Waals surface area contributed by atoms with E-state index in [1.54, 1.807) is 13.2 Å².